The summed E-state index contributed by atoms with van der Waals surface area (Å²) in [5.74, 6) is -8.12. The maximum Gasteiger partial charge on any atom is 0.342 e. The van der Waals surface area contributed by atoms with Gasteiger partial charge in [-0.15, -0.1) is 0 Å². The zero-order chi connectivity index (χ0) is 22.4. The van der Waals surface area contributed by atoms with Crippen LogP contribution in [-0.4, -0.2) is 26.3 Å². The van der Waals surface area contributed by atoms with E-state index in [0.29, 0.717) is 0 Å². The molecule has 0 fully saturated rings. The van der Waals surface area contributed by atoms with E-state index in [4.69, 9.17) is 29.5 Å². The summed E-state index contributed by atoms with van der Waals surface area (Å²) in [7, 11) is 1.22. The van der Waals surface area contributed by atoms with Gasteiger partial charge in [0.15, 0.2) is 23.1 Å². The van der Waals surface area contributed by atoms with Crippen molar-refractivity contribution < 1.29 is 36.9 Å². The second-order valence-corrected chi connectivity index (χ2v) is 5.47. The van der Waals surface area contributed by atoms with Crippen LogP contribution in [0.5, 0.6) is 23.0 Å². The molecule has 0 aliphatic rings. The van der Waals surface area contributed by atoms with E-state index in [-0.39, 0.29) is 30.3 Å². The number of methoxy groups -OCH3 is 1. The number of esters is 1. The van der Waals surface area contributed by atoms with Crippen molar-refractivity contribution >= 4 is 5.97 Å². The third-order valence-corrected chi connectivity index (χ3v) is 3.79. The van der Waals surface area contributed by atoms with Crippen LogP contribution in [0.25, 0.3) is 0 Å². The lowest BCUT2D eigenvalue weighted by molar-refractivity contribution is 0.0521. The van der Waals surface area contributed by atoms with Crippen molar-refractivity contribution in [3.63, 3.8) is 0 Å². The number of nitriles is 2. The fourth-order valence-corrected chi connectivity index (χ4v) is 2.50. The van der Waals surface area contributed by atoms with Crippen LogP contribution in [0.4, 0.5) is 13.2 Å². The van der Waals surface area contributed by atoms with Gasteiger partial charge in [-0.25, -0.2) is 13.6 Å². The molecule has 0 heterocycles. The Labute approximate surface area is 169 Å². The van der Waals surface area contributed by atoms with Crippen molar-refractivity contribution in [2.45, 2.75) is 13.8 Å². The first-order chi connectivity index (χ1) is 14.4. The van der Waals surface area contributed by atoms with Crippen LogP contribution < -0.4 is 14.2 Å². The van der Waals surface area contributed by atoms with Crippen molar-refractivity contribution in [2.24, 2.45) is 0 Å². The maximum absolute atomic E-state index is 14.7. The zero-order valence-electron chi connectivity index (χ0n) is 16.1. The highest BCUT2D eigenvalue weighted by Gasteiger charge is 2.30. The van der Waals surface area contributed by atoms with Gasteiger partial charge in [-0.05, 0) is 26.0 Å². The number of halogens is 3. The highest BCUT2D eigenvalue weighted by atomic mass is 19.2. The van der Waals surface area contributed by atoms with Crippen LogP contribution >= 0.6 is 0 Å². The van der Waals surface area contributed by atoms with Gasteiger partial charge in [-0.3, -0.25) is 0 Å². The Kier molecular flexibility index (Phi) is 7.10. The monoisotopic (exact) mass is 420 g/mol. The van der Waals surface area contributed by atoms with E-state index >= 15 is 0 Å². The summed E-state index contributed by atoms with van der Waals surface area (Å²) in [6, 6.07) is 5.09. The summed E-state index contributed by atoms with van der Waals surface area (Å²) >= 11 is 0. The second-order valence-electron chi connectivity index (χ2n) is 5.47. The van der Waals surface area contributed by atoms with E-state index in [2.05, 4.69) is 0 Å². The molecule has 0 aliphatic carbocycles. The molecule has 0 radical (unpaired) electrons. The first-order valence-electron chi connectivity index (χ1n) is 8.55. The minimum atomic E-state index is -1.84. The molecule has 0 atom stereocenters. The molecule has 0 saturated heterocycles. The Morgan fingerprint density at radius 3 is 2.10 bits per heavy atom. The minimum absolute atomic E-state index is 0.0199. The minimum Gasteiger partial charge on any atom is -0.493 e. The highest BCUT2D eigenvalue weighted by Crippen LogP contribution is 2.45. The number of hydrogen-bond acceptors (Lipinski definition) is 7. The van der Waals surface area contributed by atoms with E-state index in [1.807, 2.05) is 0 Å². The number of hydrogen-bond donors (Lipinski definition) is 0. The molecule has 10 heteroatoms. The van der Waals surface area contributed by atoms with Gasteiger partial charge in [0, 0.05) is 0 Å². The Bertz CT molecular complexity index is 1070. The molecule has 0 saturated carbocycles. The molecule has 0 amide bonds. The average molecular weight is 420 g/mol. The number of ether oxygens (including phenoxy) is 4. The molecule has 7 nitrogen and oxygen atoms in total. The number of rotatable bonds is 7. The standard InChI is InChI=1S/C20H15F3N2O5/c1-4-28-17-10(20(26)29-5-2)6-7-13(27-3)18(17)30-19-15(22)12(9-25)11(8-24)14(21)16(19)23/h6-7H,4-5H2,1-3H3. The summed E-state index contributed by atoms with van der Waals surface area (Å²) in [6.45, 7) is 3.22. The van der Waals surface area contributed by atoms with Crippen LogP contribution in [0.1, 0.15) is 35.3 Å². The van der Waals surface area contributed by atoms with E-state index in [9.17, 15) is 18.0 Å². The Hall–Kier alpha value is -3.92. The summed E-state index contributed by atoms with van der Waals surface area (Å²) in [5, 5.41) is 18.0. The number of carbonyl (C=O) groups is 1. The molecule has 0 bridgehead atoms. The van der Waals surface area contributed by atoms with Gasteiger partial charge < -0.3 is 18.9 Å². The largest absolute Gasteiger partial charge is 0.493 e. The average Bonchev–Trinajstić information content (AvgIpc) is 2.74. The highest BCUT2D eigenvalue weighted by molar-refractivity contribution is 5.94. The first kappa shape index (κ1) is 22.4. The van der Waals surface area contributed by atoms with Crippen LogP contribution in [0, 0.1) is 40.1 Å². The number of carbonyl (C=O) groups excluding carboxylic acids is 1. The predicted molar refractivity (Wildman–Crippen MR) is 95.9 cm³/mol. The third kappa shape index (κ3) is 3.94. The van der Waals surface area contributed by atoms with Crippen molar-refractivity contribution in [1.82, 2.24) is 0 Å². The summed E-state index contributed by atoms with van der Waals surface area (Å²) in [6.07, 6.45) is 0. The fourth-order valence-electron chi connectivity index (χ4n) is 2.50. The fraction of sp³-hybridized carbons (Fsp3) is 0.250. The van der Waals surface area contributed by atoms with Crippen molar-refractivity contribution in [3.8, 4) is 35.1 Å². The lowest BCUT2D eigenvalue weighted by atomic mass is 10.1. The molecule has 156 valence electrons. The molecule has 0 N–H and O–H groups in total. The molecule has 0 aliphatic heterocycles. The molecule has 2 rings (SSSR count). The van der Waals surface area contributed by atoms with Gasteiger partial charge in [0.25, 0.3) is 0 Å². The second kappa shape index (κ2) is 9.52. The molecule has 0 aromatic heterocycles. The lowest BCUT2D eigenvalue weighted by Crippen LogP contribution is -2.10. The van der Waals surface area contributed by atoms with E-state index < -0.39 is 46.0 Å². The molecule has 0 spiro atoms. The van der Waals surface area contributed by atoms with Gasteiger partial charge in [-0.2, -0.15) is 14.9 Å². The van der Waals surface area contributed by atoms with Gasteiger partial charge in [-0.1, -0.05) is 0 Å². The lowest BCUT2D eigenvalue weighted by Gasteiger charge is -2.18. The summed E-state index contributed by atoms with van der Waals surface area (Å²) in [4.78, 5) is 12.2. The number of nitrogens with zero attached hydrogens (tertiary/aromatic N) is 2. The first-order valence-corrected chi connectivity index (χ1v) is 8.55. The SMILES string of the molecule is CCOC(=O)c1ccc(OC)c(Oc2c(F)c(F)c(C#N)c(C#N)c2F)c1OCC. The van der Waals surface area contributed by atoms with E-state index in [0.717, 1.165) is 0 Å². The maximum atomic E-state index is 14.7. The zero-order valence-corrected chi connectivity index (χ0v) is 16.1. The van der Waals surface area contributed by atoms with Crippen LogP contribution in [0.2, 0.25) is 0 Å². The van der Waals surface area contributed by atoms with Crippen LogP contribution in [0.15, 0.2) is 12.1 Å². The quantitative estimate of drug-likeness (QED) is 0.488. The van der Waals surface area contributed by atoms with Gasteiger partial charge >= 0.3 is 5.97 Å². The molecular weight excluding hydrogens is 405 g/mol. The molecular formula is C20H15F3N2O5. The Balaban J connectivity index is 2.79. The molecule has 2 aromatic carbocycles. The van der Waals surface area contributed by atoms with E-state index in [1.165, 1.54) is 31.4 Å². The van der Waals surface area contributed by atoms with Gasteiger partial charge in [0.1, 0.15) is 28.8 Å². The molecule has 30 heavy (non-hydrogen) atoms. The molecule has 0 unspecified atom stereocenters. The Morgan fingerprint density at radius 2 is 1.57 bits per heavy atom. The summed E-state index contributed by atoms with van der Waals surface area (Å²) < 4.78 is 64.0. The predicted octanol–water partition coefficient (Wildman–Crippen LogP) is 4.22. The van der Waals surface area contributed by atoms with E-state index in [1.54, 1.807) is 13.8 Å². The van der Waals surface area contributed by atoms with Crippen LogP contribution in [-0.2, 0) is 4.74 Å². The van der Waals surface area contributed by atoms with Crippen LogP contribution in [0.3, 0.4) is 0 Å². The topological polar surface area (TPSA) is 102 Å². The third-order valence-electron chi connectivity index (χ3n) is 3.79. The van der Waals surface area contributed by atoms with Crippen molar-refractivity contribution in [3.05, 3.63) is 46.3 Å². The summed E-state index contributed by atoms with van der Waals surface area (Å²) in [5.41, 5.74) is -2.27. The normalized spacial score (nSPS) is 10.0. The van der Waals surface area contributed by atoms with Crippen molar-refractivity contribution in [2.75, 3.05) is 20.3 Å². The molecule has 2 aromatic rings. The Morgan fingerprint density at radius 1 is 0.933 bits per heavy atom. The smallest absolute Gasteiger partial charge is 0.342 e. The number of benzene rings is 2. The van der Waals surface area contributed by atoms with Crippen molar-refractivity contribution in [1.29, 1.82) is 10.5 Å². The van der Waals surface area contributed by atoms with Gasteiger partial charge in [0.2, 0.25) is 17.3 Å². The van der Waals surface area contributed by atoms with Gasteiger partial charge in [0.05, 0.1) is 20.3 Å².